The van der Waals surface area contributed by atoms with Crippen molar-refractivity contribution in [2.24, 2.45) is 0 Å². The van der Waals surface area contributed by atoms with Crippen LogP contribution in [0.25, 0.3) is 0 Å². The molecule has 3 unspecified atom stereocenters. The third-order valence-electron chi connectivity index (χ3n) is 14.3. The highest BCUT2D eigenvalue weighted by molar-refractivity contribution is 7.47. The number of hydrogen-bond donors (Lipinski definition) is 2. The third kappa shape index (κ3) is 55.0. The molecule has 0 saturated carbocycles. The molecule has 3 atom stereocenters. The van der Waals surface area contributed by atoms with Gasteiger partial charge in [-0.1, -0.05) is 250 Å². The van der Waals surface area contributed by atoms with Gasteiger partial charge in [0.2, 0.25) is 5.91 Å². The zero-order chi connectivity index (χ0) is 54.3. The second kappa shape index (κ2) is 54.6. The first-order valence-electron chi connectivity index (χ1n) is 31.8. The maximum atomic E-state index is 13.5. The van der Waals surface area contributed by atoms with Gasteiger partial charge in [-0.2, -0.15) is 0 Å². The lowest BCUT2D eigenvalue weighted by Crippen LogP contribution is -2.47. The van der Waals surface area contributed by atoms with Crippen LogP contribution in [0.4, 0.5) is 0 Å². The summed E-state index contributed by atoms with van der Waals surface area (Å²) in [6.07, 6.45) is 65.7. The molecule has 0 aliphatic carbocycles. The third-order valence-corrected chi connectivity index (χ3v) is 15.3. The van der Waals surface area contributed by atoms with Crippen LogP contribution < -0.4 is 5.32 Å². The van der Waals surface area contributed by atoms with E-state index in [4.69, 9.17) is 13.8 Å². The smallest absolute Gasteiger partial charge is 0.456 e. The highest BCUT2D eigenvalue weighted by Crippen LogP contribution is 2.43. The number of unbranched alkanes of at least 4 members (excludes halogenated alkanes) is 38. The first kappa shape index (κ1) is 72.2. The lowest BCUT2D eigenvalue weighted by molar-refractivity contribution is -0.870. The first-order valence-corrected chi connectivity index (χ1v) is 33.3. The Morgan fingerprint density at radius 2 is 0.784 bits per heavy atom. The molecule has 436 valence electrons. The summed E-state index contributed by atoms with van der Waals surface area (Å²) < 4.78 is 30.7. The molecule has 0 spiro atoms. The quantitative estimate of drug-likeness (QED) is 0.0205. The summed E-state index contributed by atoms with van der Waals surface area (Å²) in [5.41, 5.74) is 0. The number of allylic oxidation sites excluding steroid dienone is 5. The van der Waals surface area contributed by atoms with Crippen LogP contribution >= 0.6 is 7.82 Å². The van der Waals surface area contributed by atoms with Gasteiger partial charge in [0.25, 0.3) is 0 Å². The Kier molecular flexibility index (Phi) is 53.3. The fraction of sp³-hybridized carbons (Fsp3) is 0.875. The van der Waals surface area contributed by atoms with Crippen LogP contribution in [0.2, 0.25) is 0 Å². The monoisotopic (exact) mass is 1060 g/mol. The number of likely N-dealkylation sites (N-methyl/N-ethyl adjacent to an activating group) is 1. The largest absolute Gasteiger partial charge is 0.472 e. The number of amides is 1. The Morgan fingerprint density at radius 3 is 1.15 bits per heavy atom. The molecule has 0 aromatic heterocycles. The van der Waals surface area contributed by atoms with Gasteiger partial charge in [0.1, 0.15) is 19.3 Å². The number of carbonyl (C=O) groups excluding carboxylic acids is 2. The van der Waals surface area contributed by atoms with Crippen molar-refractivity contribution in [3.63, 3.8) is 0 Å². The lowest BCUT2D eigenvalue weighted by atomic mass is 10.0. The van der Waals surface area contributed by atoms with Gasteiger partial charge in [-0.25, -0.2) is 4.57 Å². The van der Waals surface area contributed by atoms with Crippen LogP contribution in [0.5, 0.6) is 0 Å². The molecular weight excluding hydrogens is 940 g/mol. The van der Waals surface area contributed by atoms with Crippen molar-refractivity contribution in [3.05, 3.63) is 36.5 Å². The average molecular weight is 1060 g/mol. The zero-order valence-corrected chi connectivity index (χ0v) is 50.7. The predicted molar refractivity (Wildman–Crippen MR) is 319 cm³/mol. The fourth-order valence-electron chi connectivity index (χ4n) is 9.34. The molecule has 0 saturated heterocycles. The van der Waals surface area contributed by atoms with Crippen molar-refractivity contribution in [3.8, 4) is 0 Å². The van der Waals surface area contributed by atoms with E-state index in [1.165, 1.54) is 199 Å². The zero-order valence-electron chi connectivity index (χ0n) is 49.9. The number of phosphoric acid groups is 1. The molecule has 9 nitrogen and oxygen atoms in total. The van der Waals surface area contributed by atoms with Crippen LogP contribution in [0, 0.1) is 0 Å². The molecule has 1 amide bonds. The molecular formula is C64H124N2O7P+. The van der Waals surface area contributed by atoms with E-state index in [2.05, 4.69) is 50.4 Å². The van der Waals surface area contributed by atoms with Gasteiger partial charge >= 0.3 is 13.8 Å². The number of hydrogen-bond acceptors (Lipinski definition) is 6. The Labute approximate surface area is 459 Å². The standard InChI is InChI=1S/C64H123N2O7P/c1-7-10-13-16-19-22-25-27-29-31-32-33-34-35-37-39-42-45-48-51-54-57-64(68)73-62(55-52-49-46-43-40-24-21-18-15-12-9-3)61(60-72-74(69,70)71-59-58-66(4,5)6)65-63(67)56-53-50-47-44-41-38-36-30-28-26-23-20-17-14-11-8-2/h27,29-30,36,52,55,61-62H,7-26,28,31-35,37-51,53-54,56-60H2,1-6H3,(H-,65,67,69,70)/p+1/b29-27+,36-30+,55-52+. The maximum absolute atomic E-state index is 13.5. The van der Waals surface area contributed by atoms with E-state index in [0.717, 1.165) is 77.0 Å². The molecule has 0 aromatic carbocycles. The van der Waals surface area contributed by atoms with Crippen LogP contribution in [-0.4, -0.2) is 74.3 Å². The van der Waals surface area contributed by atoms with Crippen LogP contribution in [0.3, 0.4) is 0 Å². The van der Waals surface area contributed by atoms with Crippen molar-refractivity contribution in [2.45, 2.75) is 322 Å². The minimum atomic E-state index is -4.45. The molecule has 10 heteroatoms. The summed E-state index contributed by atoms with van der Waals surface area (Å²) in [5.74, 6) is -0.505. The summed E-state index contributed by atoms with van der Waals surface area (Å²) in [6, 6.07) is -0.849. The molecule has 0 rings (SSSR count). The highest BCUT2D eigenvalue weighted by Gasteiger charge is 2.30. The van der Waals surface area contributed by atoms with Crippen molar-refractivity contribution in [1.29, 1.82) is 0 Å². The number of carbonyl (C=O) groups is 2. The summed E-state index contributed by atoms with van der Waals surface area (Å²) in [6.45, 7) is 7.03. The average Bonchev–Trinajstić information content (AvgIpc) is 3.36. The molecule has 0 radical (unpaired) electrons. The molecule has 0 bridgehead atoms. The van der Waals surface area contributed by atoms with Gasteiger partial charge in [-0.15, -0.1) is 0 Å². The Hall–Kier alpha value is -1.77. The van der Waals surface area contributed by atoms with E-state index in [9.17, 15) is 19.0 Å². The van der Waals surface area contributed by atoms with Crippen LogP contribution in [0.15, 0.2) is 36.5 Å². The van der Waals surface area contributed by atoms with Gasteiger partial charge in [-0.3, -0.25) is 18.6 Å². The van der Waals surface area contributed by atoms with Crippen LogP contribution in [0.1, 0.15) is 310 Å². The van der Waals surface area contributed by atoms with Crippen molar-refractivity contribution >= 4 is 19.7 Å². The second-order valence-corrected chi connectivity index (χ2v) is 24.4. The van der Waals surface area contributed by atoms with E-state index in [-0.39, 0.29) is 25.1 Å². The summed E-state index contributed by atoms with van der Waals surface area (Å²) in [7, 11) is 1.50. The fourth-order valence-corrected chi connectivity index (χ4v) is 10.1. The minimum Gasteiger partial charge on any atom is -0.456 e. The van der Waals surface area contributed by atoms with Gasteiger partial charge < -0.3 is 19.4 Å². The molecule has 0 fully saturated rings. The number of phosphoric ester groups is 1. The van der Waals surface area contributed by atoms with E-state index >= 15 is 0 Å². The number of quaternary nitrogens is 1. The molecule has 74 heavy (non-hydrogen) atoms. The predicted octanol–water partition coefficient (Wildman–Crippen LogP) is 19.5. The summed E-state index contributed by atoms with van der Waals surface area (Å²) >= 11 is 0. The first-order chi connectivity index (χ1) is 35.9. The highest BCUT2D eigenvalue weighted by atomic mass is 31.2. The maximum Gasteiger partial charge on any atom is 0.472 e. The molecule has 2 N–H and O–H groups in total. The van der Waals surface area contributed by atoms with Gasteiger partial charge in [0.15, 0.2) is 0 Å². The Balaban J connectivity index is 5.16. The van der Waals surface area contributed by atoms with Gasteiger partial charge in [-0.05, 0) is 83.1 Å². The summed E-state index contributed by atoms with van der Waals surface area (Å²) in [5, 5.41) is 3.05. The Morgan fingerprint density at radius 1 is 0.459 bits per heavy atom. The van der Waals surface area contributed by atoms with Gasteiger partial charge in [0.05, 0.1) is 33.8 Å². The minimum absolute atomic E-state index is 0.0403. The molecule has 0 aliphatic heterocycles. The molecule has 0 heterocycles. The SMILES string of the molecule is CCCCCCCC/C=C/CCCCCCCCCCCCCC(=O)OC(/C=C/CCCCCCCCCCC)C(COP(=O)(O)OCC[N+](C)(C)C)NC(=O)CCCCCCC/C=C/CCCCCCCCC. The topological polar surface area (TPSA) is 111 Å². The number of nitrogens with zero attached hydrogens (tertiary/aromatic N) is 1. The van der Waals surface area contributed by atoms with Crippen molar-refractivity contribution in [2.75, 3.05) is 40.9 Å². The normalized spacial score (nSPS) is 13.9. The van der Waals surface area contributed by atoms with E-state index < -0.39 is 20.0 Å². The lowest BCUT2D eigenvalue weighted by Gasteiger charge is -2.27. The molecule has 0 aliphatic rings. The number of rotatable bonds is 58. The van der Waals surface area contributed by atoms with Gasteiger partial charge in [0, 0.05) is 12.8 Å². The molecule has 0 aromatic rings. The second-order valence-electron chi connectivity index (χ2n) is 22.9. The van der Waals surface area contributed by atoms with E-state index in [0.29, 0.717) is 23.9 Å². The van der Waals surface area contributed by atoms with E-state index in [1.807, 2.05) is 33.3 Å². The van der Waals surface area contributed by atoms with Crippen LogP contribution in [-0.2, 0) is 27.9 Å². The van der Waals surface area contributed by atoms with E-state index in [1.54, 1.807) is 0 Å². The number of ether oxygens (including phenoxy) is 1. The van der Waals surface area contributed by atoms with Crippen molar-refractivity contribution < 1.29 is 37.3 Å². The Bertz CT molecular complexity index is 1360. The summed E-state index contributed by atoms with van der Waals surface area (Å²) in [4.78, 5) is 37.7. The number of nitrogens with one attached hydrogen (secondary N) is 1. The van der Waals surface area contributed by atoms with Crippen molar-refractivity contribution in [1.82, 2.24) is 5.32 Å². The number of esters is 1.